The average molecular weight is 320 g/mol. The number of amides is 1. The van der Waals surface area contributed by atoms with Gasteiger partial charge in [-0.1, -0.05) is 6.92 Å². The Morgan fingerprint density at radius 1 is 1.60 bits per heavy atom. The van der Waals surface area contributed by atoms with Crippen LogP contribution in [-0.2, 0) is 0 Å². The molecule has 2 atom stereocenters. The fourth-order valence-corrected chi connectivity index (χ4v) is 3.12. The van der Waals surface area contributed by atoms with E-state index in [0.29, 0.717) is 15.7 Å². The van der Waals surface area contributed by atoms with E-state index in [1.807, 2.05) is 0 Å². The highest BCUT2D eigenvalue weighted by Gasteiger charge is 2.25. The Hall–Kier alpha value is -1.18. The number of carbonyl (C=O) groups is 1. The molecule has 0 bridgehead atoms. The molecule has 1 amide bonds. The second kappa shape index (κ2) is 7.01. The molecule has 1 aliphatic heterocycles. The molecule has 8 heteroatoms. The number of nitro groups is 1. The van der Waals surface area contributed by atoms with E-state index in [-0.39, 0.29) is 30.0 Å². The first kappa shape index (κ1) is 16.9. The van der Waals surface area contributed by atoms with Gasteiger partial charge in [-0.05, 0) is 32.4 Å². The van der Waals surface area contributed by atoms with Crippen molar-refractivity contribution in [2.45, 2.75) is 26.3 Å². The number of thiophene rings is 1. The monoisotopic (exact) mass is 319 g/mol. The zero-order valence-electron chi connectivity index (χ0n) is 11.3. The molecule has 2 heterocycles. The van der Waals surface area contributed by atoms with Gasteiger partial charge in [-0.3, -0.25) is 14.9 Å². The number of nitrogens with one attached hydrogen (secondary N) is 2. The number of halogens is 1. The first-order valence-electron chi connectivity index (χ1n) is 6.25. The van der Waals surface area contributed by atoms with Gasteiger partial charge in [0.1, 0.15) is 0 Å². The lowest BCUT2D eigenvalue weighted by Crippen LogP contribution is -2.48. The minimum Gasteiger partial charge on any atom is -0.348 e. The molecule has 1 aromatic heterocycles. The van der Waals surface area contributed by atoms with Crippen LogP contribution in [0, 0.1) is 23.0 Å². The summed E-state index contributed by atoms with van der Waals surface area (Å²) in [6.45, 7) is 5.51. The first-order chi connectivity index (χ1) is 8.99. The molecule has 1 saturated heterocycles. The third kappa shape index (κ3) is 3.68. The van der Waals surface area contributed by atoms with Crippen molar-refractivity contribution in [2.24, 2.45) is 5.92 Å². The van der Waals surface area contributed by atoms with Gasteiger partial charge in [0.15, 0.2) is 0 Å². The Morgan fingerprint density at radius 3 is 2.85 bits per heavy atom. The highest BCUT2D eigenvalue weighted by Crippen LogP contribution is 2.28. The van der Waals surface area contributed by atoms with Gasteiger partial charge >= 0.3 is 0 Å². The molecule has 2 rings (SSSR count). The van der Waals surface area contributed by atoms with Crippen LogP contribution < -0.4 is 10.6 Å². The van der Waals surface area contributed by atoms with Crippen LogP contribution in [0.4, 0.5) is 5.69 Å². The van der Waals surface area contributed by atoms with Crippen molar-refractivity contribution >= 4 is 35.3 Å². The molecule has 6 nitrogen and oxygen atoms in total. The average Bonchev–Trinajstić information content (AvgIpc) is 2.74. The molecule has 0 aliphatic carbocycles. The maximum Gasteiger partial charge on any atom is 0.283 e. The molecule has 112 valence electrons. The Kier molecular flexibility index (Phi) is 5.91. The third-order valence-electron chi connectivity index (χ3n) is 3.41. The van der Waals surface area contributed by atoms with E-state index in [1.54, 1.807) is 6.92 Å². The number of hydrogen-bond donors (Lipinski definition) is 2. The van der Waals surface area contributed by atoms with E-state index in [9.17, 15) is 14.9 Å². The first-order valence-corrected chi connectivity index (χ1v) is 7.07. The summed E-state index contributed by atoms with van der Waals surface area (Å²) in [6.07, 6.45) is 0.888. The minimum absolute atomic E-state index is 0. The van der Waals surface area contributed by atoms with Crippen LogP contribution >= 0.6 is 23.7 Å². The van der Waals surface area contributed by atoms with Crippen LogP contribution in [0.1, 0.15) is 27.9 Å². The van der Waals surface area contributed by atoms with Crippen molar-refractivity contribution in [1.29, 1.82) is 0 Å². The molecule has 2 N–H and O–H groups in total. The lowest BCUT2D eigenvalue weighted by molar-refractivity contribution is -0.385. The van der Waals surface area contributed by atoms with Gasteiger partial charge in [0.2, 0.25) is 0 Å². The highest BCUT2D eigenvalue weighted by atomic mass is 35.5. The smallest absolute Gasteiger partial charge is 0.283 e. The molecule has 20 heavy (non-hydrogen) atoms. The van der Waals surface area contributed by atoms with Crippen molar-refractivity contribution < 1.29 is 9.72 Å². The summed E-state index contributed by atoms with van der Waals surface area (Å²) < 4.78 is 0. The van der Waals surface area contributed by atoms with Gasteiger partial charge in [-0.2, -0.15) is 0 Å². The predicted molar refractivity (Wildman–Crippen MR) is 80.9 cm³/mol. The molecule has 0 saturated carbocycles. The van der Waals surface area contributed by atoms with Crippen molar-refractivity contribution in [3.05, 3.63) is 25.9 Å². The highest BCUT2D eigenvalue weighted by molar-refractivity contribution is 7.14. The van der Waals surface area contributed by atoms with Crippen LogP contribution in [0.2, 0.25) is 0 Å². The lowest BCUT2D eigenvalue weighted by Gasteiger charge is -2.30. The predicted octanol–water partition coefficient (Wildman–Crippen LogP) is 2.11. The zero-order chi connectivity index (χ0) is 14.0. The van der Waals surface area contributed by atoms with Crippen molar-refractivity contribution in [3.8, 4) is 0 Å². The van der Waals surface area contributed by atoms with E-state index in [2.05, 4.69) is 17.6 Å². The number of nitrogens with zero attached hydrogens (tertiary/aromatic N) is 1. The summed E-state index contributed by atoms with van der Waals surface area (Å²) in [5.74, 6) is 0.161. The topological polar surface area (TPSA) is 84.3 Å². The van der Waals surface area contributed by atoms with Crippen LogP contribution in [0.5, 0.6) is 0 Å². The zero-order valence-corrected chi connectivity index (χ0v) is 13.0. The molecule has 0 spiro atoms. The fraction of sp³-hybridized carbons (Fsp3) is 0.583. The van der Waals surface area contributed by atoms with Gasteiger partial charge < -0.3 is 10.6 Å². The second-order valence-electron chi connectivity index (χ2n) is 4.86. The molecular weight excluding hydrogens is 302 g/mol. The van der Waals surface area contributed by atoms with Crippen LogP contribution in [-0.4, -0.2) is 30.0 Å². The third-order valence-corrected chi connectivity index (χ3v) is 4.45. The number of aryl methyl sites for hydroxylation is 1. The maximum absolute atomic E-state index is 12.1. The Morgan fingerprint density at radius 2 is 2.30 bits per heavy atom. The van der Waals surface area contributed by atoms with E-state index < -0.39 is 4.92 Å². The number of carbonyl (C=O) groups excluding carboxylic acids is 1. The SMILES string of the molecule is Cc1sc(C(=O)NC2CCNCC2C)cc1[N+](=O)[O-].Cl. The number of hydrogen-bond acceptors (Lipinski definition) is 5. The summed E-state index contributed by atoms with van der Waals surface area (Å²) >= 11 is 1.17. The largest absolute Gasteiger partial charge is 0.348 e. The number of rotatable bonds is 3. The summed E-state index contributed by atoms with van der Waals surface area (Å²) in [5.41, 5.74) is 0.0218. The van der Waals surface area contributed by atoms with E-state index in [0.717, 1.165) is 19.5 Å². The van der Waals surface area contributed by atoms with E-state index in [4.69, 9.17) is 0 Å². The summed E-state index contributed by atoms with van der Waals surface area (Å²) in [6, 6.07) is 1.50. The Bertz CT molecular complexity index is 506. The Labute approximate surface area is 127 Å². The maximum atomic E-state index is 12.1. The summed E-state index contributed by atoms with van der Waals surface area (Å²) in [7, 11) is 0. The van der Waals surface area contributed by atoms with Gasteiger partial charge in [0, 0.05) is 12.1 Å². The van der Waals surface area contributed by atoms with E-state index in [1.165, 1.54) is 17.4 Å². The normalized spacial score (nSPS) is 21.9. The second-order valence-corrected chi connectivity index (χ2v) is 6.12. The molecule has 1 aromatic rings. The summed E-state index contributed by atoms with van der Waals surface area (Å²) in [4.78, 5) is 23.4. The Balaban J connectivity index is 0.00000200. The van der Waals surface area contributed by atoms with Crippen molar-refractivity contribution in [1.82, 2.24) is 10.6 Å². The van der Waals surface area contributed by atoms with Crippen molar-refractivity contribution in [2.75, 3.05) is 13.1 Å². The molecule has 2 unspecified atom stereocenters. The van der Waals surface area contributed by atoms with Gasteiger partial charge in [0.05, 0.1) is 14.7 Å². The molecule has 0 radical (unpaired) electrons. The van der Waals surface area contributed by atoms with Crippen molar-refractivity contribution in [3.63, 3.8) is 0 Å². The standard InChI is InChI=1S/C12H17N3O3S.ClH/c1-7-6-13-4-3-9(7)14-12(16)11-5-10(15(17)18)8(2)19-11;/h5,7,9,13H,3-4,6H2,1-2H3,(H,14,16);1H. The molecular formula is C12H18ClN3O3S. The lowest BCUT2D eigenvalue weighted by atomic mass is 9.95. The minimum atomic E-state index is -0.449. The molecule has 1 aliphatic rings. The number of piperidine rings is 1. The van der Waals surface area contributed by atoms with Gasteiger partial charge in [-0.15, -0.1) is 23.7 Å². The molecule has 0 aromatic carbocycles. The van der Waals surface area contributed by atoms with Gasteiger partial charge in [-0.25, -0.2) is 0 Å². The van der Waals surface area contributed by atoms with Gasteiger partial charge in [0.25, 0.3) is 11.6 Å². The van der Waals surface area contributed by atoms with Crippen LogP contribution in [0.25, 0.3) is 0 Å². The summed E-state index contributed by atoms with van der Waals surface area (Å²) in [5, 5.41) is 17.0. The fourth-order valence-electron chi connectivity index (χ4n) is 2.23. The van der Waals surface area contributed by atoms with E-state index >= 15 is 0 Å². The van der Waals surface area contributed by atoms with Crippen LogP contribution in [0.3, 0.4) is 0 Å². The quantitative estimate of drug-likeness (QED) is 0.660. The van der Waals surface area contributed by atoms with Crippen LogP contribution in [0.15, 0.2) is 6.07 Å². The molecule has 1 fully saturated rings.